The first-order valence-electron chi connectivity index (χ1n) is 6.58. The monoisotopic (exact) mass is 419 g/mol. The van der Waals surface area contributed by atoms with Crippen molar-refractivity contribution in [3.63, 3.8) is 0 Å². The lowest BCUT2D eigenvalue weighted by Gasteiger charge is -2.20. The van der Waals surface area contributed by atoms with Gasteiger partial charge in [0.15, 0.2) is 4.67 Å². The van der Waals surface area contributed by atoms with Crippen LogP contribution < -0.4 is 10.1 Å². The van der Waals surface area contributed by atoms with Crippen molar-refractivity contribution < 1.29 is 13.5 Å². The second kappa shape index (κ2) is 7.42. The largest absolute Gasteiger partial charge is 0.496 e. The molecule has 0 saturated heterocycles. The van der Waals surface area contributed by atoms with Crippen LogP contribution in [0.1, 0.15) is 30.7 Å². The van der Waals surface area contributed by atoms with Crippen LogP contribution in [0.5, 0.6) is 5.75 Å². The van der Waals surface area contributed by atoms with Crippen LogP contribution in [0.4, 0.5) is 4.39 Å². The maximum Gasteiger partial charge on any atom is 0.169 e. The van der Waals surface area contributed by atoms with E-state index in [-0.39, 0.29) is 11.9 Å². The topological polar surface area (TPSA) is 34.4 Å². The third kappa shape index (κ3) is 3.87. The fourth-order valence-electron chi connectivity index (χ4n) is 2.08. The van der Waals surface area contributed by atoms with Gasteiger partial charge in [-0.3, -0.25) is 0 Å². The van der Waals surface area contributed by atoms with Crippen molar-refractivity contribution in [2.45, 2.75) is 19.4 Å². The fourth-order valence-corrected chi connectivity index (χ4v) is 2.76. The van der Waals surface area contributed by atoms with Crippen molar-refractivity contribution in [2.75, 3.05) is 13.7 Å². The molecule has 1 unspecified atom stereocenters. The molecule has 0 aliphatic carbocycles. The fraction of sp³-hybridized carbons (Fsp3) is 0.333. The minimum atomic E-state index is -0.356. The van der Waals surface area contributed by atoms with Gasteiger partial charge in [-0.1, -0.05) is 6.92 Å². The van der Waals surface area contributed by atoms with Crippen molar-refractivity contribution >= 4 is 31.9 Å². The number of benzene rings is 1. The summed E-state index contributed by atoms with van der Waals surface area (Å²) in [6.45, 7) is 2.89. The van der Waals surface area contributed by atoms with Gasteiger partial charge in [-0.2, -0.15) is 0 Å². The Balaban J connectivity index is 2.47. The van der Waals surface area contributed by atoms with Gasteiger partial charge in [0.05, 0.1) is 17.6 Å². The molecule has 0 fully saturated rings. The van der Waals surface area contributed by atoms with Gasteiger partial charge in [-0.25, -0.2) is 4.39 Å². The van der Waals surface area contributed by atoms with Crippen molar-refractivity contribution in [3.8, 4) is 5.75 Å². The van der Waals surface area contributed by atoms with Gasteiger partial charge in [0, 0.05) is 11.6 Å². The molecule has 6 heteroatoms. The molecule has 2 rings (SSSR count). The third-order valence-corrected chi connectivity index (χ3v) is 4.09. The molecule has 3 nitrogen and oxygen atoms in total. The van der Waals surface area contributed by atoms with E-state index in [1.807, 2.05) is 12.1 Å². The summed E-state index contributed by atoms with van der Waals surface area (Å²) < 4.78 is 25.7. The molecule has 114 valence electrons. The summed E-state index contributed by atoms with van der Waals surface area (Å²) in [5.41, 5.74) is 0.820. The van der Waals surface area contributed by atoms with E-state index >= 15 is 0 Å². The first-order chi connectivity index (χ1) is 10.1. The molecule has 1 N–H and O–H groups in total. The first-order valence-corrected chi connectivity index (χ1v) is 8.17. The number of rotatable bonds is 6. The van der Waals surface area contributed by atoms with E-state index in [2.05, 4.69) is 44.1 Å². The Morgan fingerprint density at radius 1 is 1.33 bits per heavy atom. The van der Waals surface area contributed by atoms with Crippen LogP contribution in [-0.4, -0.2) is 13.7 Å². The SMILES string of the molecule is CCCNC(c1ccc(Br)o1)c1cc(Br)c(F)cc1OC. The van der Waals surface area contributed by atoms with Crippen molar-refractivity contribution in [1.82, 2.24) is 5.32 Å². The number of halogens is 3. The average Bonchev–Trinajstić information content (AvgIpc) is 2.89. The van der Waals surface area contributed by atoms with Crippen LogP contribution in [0, 0.1) is 5.82 Å². The Labute approximate surface area is 140 Å². The van der Waals surface area contributed by atoms with Crippen LogP contribution in [-0.2, 0) is 0 Å². The average molecular weight is 421 g/mol. The van der Waals surface area contributed by atoms with E-state index in [0.717, 1.165) is 24.3 Å². The number of ether oxygens (including phenoxy) is 1. The van der Waals surface area contributed by atoms with E-state index in [1.165, 1.54) is 13.2 Å². The zero-order chi connectivity index (χ0) is 15.4. The van der Waals surface area contributed by atoms with E-state index in [4.69, 9.17) is 9.15 Å². The molecular weight excluding hydrogens is 405 g/mol. The summed E-state index contributed by atoms with van der Waals surface area (Å²) in [6.07, 6.45) is 0.975. The molecule has 0 aliphatic rings. The number of hydrogen-bond donors (Lipinski definition) is 1. The van der Waals surface area contributed by atoms with Gasteiger partial charge in [0.25, 0.3) is 0 Å². The molecule has 0 amide bonds. The maximum absolute atomic E-state index is 13.7. The maximum atomic E-state index is 13.7. The van der Waals surface area contributed by atoms with Gasteiger partial charge in [-0.15, -0.1) is 0 Å². The molecule has 1 aromatic heterocycles. The quantitative estimate of drug-likeness (QED) is 0.710. The van der Waals surface area contributed by atoms with Gasteiger partial charge in [0.1, 0.15) is 17.3 Å². The summed E-state index contributed by atoms with van der Waals surface area (Å²) in [5.74, 6) is 0.870. The summed E-state index contributed by atoms with van der Waals surface area (Å²) in [7, 11) is 1.53. The second-order valence-electron chi connectivity index (χ2n) is 4.54. The highest BCUT2D eigenvalue weighted by Crippen LogP contribution is 2.35. The van der Waals surface area contributed by atoms with Crippen LogP contribution in [0.2, 0.25) is 0 Å². The Hall–Kier alpha value is -0.850. The lowest BCUT2D eigenvalue weighted by Crippen LogP contribution is -2.23. The van der Waals surface area contributed by atoms with Gasteiger partial charge >= 0.3 is 0 Å². The molecule has 0 aliphatic heterocycles. The van der Waals surface area contributed by atoms with E-state index < -0.39 is 0 Å². The summed E-state index contributed by atoms with van der Waals surface area (Å²) in [6, 6.07) is 6.61. The molecule has 1 heterocycles. The lowest BCUT2D eigenvalue weighted by molar-refractivity contribution is 0.386. The van der Waals surface area contributed by atoms with Gasteiger partial charge < -0.3 is 14.5 Å². The Kier molecular flexibility index (Phi) is 5.84. The molecule has 1 aromatic carbocycles. The minimum Gasteiger partial charge on any atom is -0.496 e. The Bertz CT molecular complexity index is 616. The van der Waals surface area contributed by atoms with E-state index in [0.29, 0.717) is 14.9 Å². The summed E-state index contributed by atoms with van der Waals surface area (Å²) in [4.78, 5) is 0. The predicted molar refractivity (Wildman–Crippen MR) is 87.2 cm³/mol. The van der Waals surface area contributed by atoms with Crippen LogP contribution in [0.15, 0.2) is 37.8 Å². The molecule has 0 bridgehead atoms. The highest BCUT2D eigenvalue weighted by molar-refractivity contribution is 9.10. The highest BCUT2D eigenvalue weighted by Gasteiger charge is 2.22. The summed E-state index contributed by atoms with van der Waals surface area (Å²) >= 11 is 6.53. The number of methoxy groups -OCH3 is 1. The molecule has 0 spiro atoms. The number of furan rings is 1. The van der Waals surface area contributed by atoms with Gasteiger partial charge in [0.2, 0.25) is 0 Å². The van der Waals surface area contributed by atoms with Crippen molar-refractivity contribution in [2.24, 2.45) is 0 Å². The number of nitrogens with one attached hydrogen (secondary N) is 1. The van der Waals surface area contributed by atoms with E-state index in [9.17, 15) is 4.39 Å². The van der Waals surface area contributed by atoms with Crippen LogP contribution in [0.3, 0.4) is 0 Å². The standard InChI is InChI=1S/C15H16Br2FNO2/c1-3-6-19-15(12-4-5-14(17)21-12)9-7-10(16)11(18)8-13(9)20-2/h4-5,7-8,15,19H,3,6H2,1-2H3. The Morgan fingerprint density at radius 2 is 2.10 bits per heavy atom. The number of hydrogen-bond acceptors (Lipinski definition) is 3. The van der Waals surface area contributed by atoms with Crippen LogP contribution in [0.25, 0.3) is 0 Å². The second-order valence-corrected chi connectivity index (χ2v) is 6.17. The van der Waals surface area contributed by atoms with Crippen LogP contribution >= 0.6 is 31.9 Å². The van der Waals surface area contributed by atoms with Crippen molar-refractivity contribution in [3.05, 3.63) is 50.5 Å². The molecule has 1 atom stereocenters. The normalized spacial score (nSPS) is 12.4. The first kappa shape index (κ1) is 16.5. The zero-order valence-electron chi connectivity index (χ0n) is 11.8. The highest BCUT2D eigenvalue weighted by atomic mass is 79.9. The molecule has 0 saturated carbocycles. The van der Waals surface area contributed by atoms with E-state index in [1.54, 1.807) is 6.07 Å². The zero-order valence-corrected chi connectivity index (χ0v) is 14.9. The predicted octanol–water partition coefficient (Wildman–Crippen LogP) is 5.04. The molecule has 2 aromatic rings. The van der Waals surface area contributed by atoms with Gasteiger partial charge in [-0.05, 0) is 63.0 Å². The third-order valence-electron chi connectivity index (χ3n) is 3.06. The Morgan fingerprint density at radius 3 is 2.67 bits per heavy atom. The summed E-state index contributed by atoms with van der Waals surface area (Å²) in [5, 5.41) is 3.40. The molecule has 21 heavy (non-hydrogen) atoms. The smallest absolute Gasteiger partial charge is 0.169 e. The lowest BCUT2D eigenvalue weighted by atomic mass is 10.0. The minimum absolute atomic E-state index is 0.205. The molecular formula is C15H16Br2FNO2. The molecule has 0 radical (unpaired) electrons. The van der Waals surface area contributed by atoms with Crippen molar-refractivity contribution in [1.29, 1.82) is 0 Å².